The minimum atomic E-state index is 0.289. The molecule has 4 nitrogen and oxygen atoms in total. The summed E-state index contributed by atoms with van der Waals surface area (Å²) in [4.78, 5) is 4.05. The first-order valence-corrected chi connectivity index (χ1v) is 4.12. The smallest absolute Gasteiger partial charge is 0.310 e. The number of hydrazine groups is 1. The molecule has 68 valence electrons. The van der Waals surface area contributed by atoms with Crippen LogP contribution in [0.1, 0.15) is 5.56 Å². The molecule has 1 heterocycles. The molecule has 5 heteroatoms. The molecule has 0 aliphatic rings. The van der Waals surface area contributed by atoms with Gasteiger partial charge < -0.3 is 4.42 Å². The zero-order valence-electron chi connectivity index (χ0n) is 6.97. The number of hydrogen-bond acceptors (Lipinski definition) is 4. The van der Waals surface area contributed by atoms with E-state index in [1.54, 1.807) is 6.07 Å². The van der Waals surface area contributed by atoms with Crippen molar-refractivity contribution in [2.75, 3.05) is 5.43 Å². The van der Waals surface area contributed by atoms with Crippen LogP contribution in [0.5, 0.6) is 0 Å². The average molecular weight is 198 g/mol. The van der Waals surface area contributed by atoms with Crippen LogP contribution >= 0.6 is 11.6 Å². The van der Waals surface area contributed by atoms with Gasteiger partial charge in [0.05, 0.1) is 0 Å². The Morgan fingerprint density at radius 3 is 3.00 bits per heavy atom. The first-order valence-electron chi connectivity index (χ1n) is 3.74. The molecular formula is C8H8ClN3O. The topological polar surface area (TPSA) is 64.1 Å². The molecule has 0 radical (unpaired) electrons. The second-order valence-corrected chi connectivity index (χ2v) is 3.14. The zero-order chi connectivity index (χ0) is 9.42. The number of nitrogens with zero attached hydrogens (tertiary/aromatic N) is 1. The largest absolute Gasteiger partial charge is 0.423 e. The molecule has 1 aromatic carbocycles. The third-order valence-electron chi connectivity index (χ3n) is 1.79. The lowest BCUT2D eigenvalue weighted by atomic mass is 10.2. The highest BCUT2D eigenvalue weighted by atomic mass is 35.5. The summed E-state index contributed by atoms with van der Waals surface area (Å²) in [5, 5.41) is 0.671. The molecule has 0 aliphatic heterocycles. The lowest BCUT2D eigenvalue weighted by Crippen LogP contribution is -2.06. The summed E-state index contributed by atoms with van der Waals surface area (Å²) in [6.45, 7) is 1.90. The van der Waals surface area contributed by atoms with Gasteiger partial charge in [0.15, 0.2) is 5.58 Å². The summed E-state index contributed by atoms with van der Waals surface area (Å²) < 4.78 is 5.25. The summed E-state index contributed by atoms with van der Waals surface area (Å²) in [5.41, 5.74) is 4.66. The standard InChI is InChI=1S/C8H8ClN3O/c1-4-2-7-6(3-5(4)9)11-8(12-10)13-7/h2-3H,10H2,1H3,(H,11,12). The Labute approximate surface area is 79.7 Å². The quantitative estimate of drug-likeness (QED) is 0.543. The maximum Gasteiger partial charge on any atom is 0.310 e. The van der Waals surface area contributed by atoms with Gasteiger partial charge in [-0.25, -0.2) is 5.84 Å². The summed E-state index contributed by atoms with van der Waals surface area (Å²) in [7, 11) is 0. The Morgan fingerprint density at radius 2 is 2.31 bits per heavy atom. The summed E-state index contributed by atoms with van der Waals surface area (Å²) in [5.74, 6) is 5.15. The molecule has 0 atom stereocenters. The van der Waals surface area contributed by atoms with Crippen LogP contribution in [-0.2, 0) is 0 Å². The van der Waals surface area contributed by atoms with E-state index >= 15 is 0 Å². The first-order chi connectivity index (χ1) is 6.20. The van der Waals surface area contributed by atoms with Crippen LogP contribution in [0.4, 0.5) is 6.01 Å². The highest BCUT2D eigenvalue weighted by Gasteiger charge is 2.06. The number of nitrogens with two attached hydrogens (primary N) is 1. The number of hydrogen-bond donors (Lipinski definition) is 2. The van der Waals surface area contributed by atoms with Crippen molar-refractivity contribution in [1.29, 1.82) is 0 Å². The second kappa shape index (κ2) is 2.90. The number of aromatic nitrogens is 1. The van der Waals surface area contributed by atoms with Crippen LogP contribution in [0.25, 0.3) is 11.1 Å². The number of halogens is 1. The molecule has 0 bridgehead atoms. The van der Waals surface area contributed by atoms with E-state index in [-0.39, 0.29) is 6.01 Å². The van der Waals surface area contributed by atoms with Crippen molar-refractivity contribution in [3.05, 3.63) is 22.7 Å². The van der Waals surface area contributed by atoms with E-state index in [9.17, 15) is 0 Å². The molecule has 0 spiro atoms. The summed E-state index contributed by atoms with van der Waals surface area (Å²) in [6, 6.07) is 3.86. The average Bonchev–Trinajstić information content (AvgIpc) is 2.48. The lowest BCUT2D eigenvalue weighted by molar-refractivity contribution is 0.616. The molecule has 0 aliphatic carbocycles. The predicted octanol–water partition coefficient (Wildman–Crippen LogP) is 2.08. The van der Waals surface area contributed by atoms with Gasteiger partial charge in [0.25, 0.3) is 0 Å². The SMILES string of the molecule is Cc1cc2oc(NN)nc2cc1Cl. The molecule has 2 aromatic rings. The van der Waals surface area contributed by atoms with Crippen molar-refractivity contribution in [2.24, 2.45) is 5.84 Å². The number of anilines is 1. The van der Waals surface area contributed by atoms with Gasteiger partial charge in [-0.1, -0.05) is 11.6 Å². The Hall–Kier alpha value is -1.26. The maximum absolute atomic E-state index is 5.91. The number of rotatable bonds is 1. The molecule has 0 unspecified atom stereocenters. The first kappa shape index (κ1) is 8.34. The van der Waals surface area contributed by atoms with Crippen LogP contribution in [0, 0.1) is 6.92 Å². The third-order valence-corrected chi connectivity index (χ3v) is 2.20. The number of nitrogens with one attached hydrogen (secondary N) is 1. The van der Waals surface area contributed by atoms with E-state index in [0.717, 1.165) is 5.56 Å². The lowest BCUT2D eigenvalue weighted by Gasteiger charge is -1.93. The van der Waals surface area contributed by atoms with Gasteiger partial charge in [0, 0.05) is 5.02 Å². The fraction of sp³-hybridized carbons (Fsp3) is 0.125. The molecule has 1 aromatic heterocycles. The molecule has 0 saturated carbocycles. The summed E-state index contributed by atoms with van der Waals surface area (Å²) in [6.07, 6.45) is 0. The molecule has 13 heavy (non-hydrogen) atoms. The van der Waals surface area contributed by atoms with Gasteiger partial charge in [0.2, 0.25) is 0 Å². The van der Waals surface area contributed by atoms with Gasteiger partial charge in [0.1, 0.15) is 5.52 Å². The Kier molecular flexibility index (Phi) is 1.86. The molecule has 2 rings (SSSR count). The van der Waals surface area contributed by atoms with Gasteiger partial charge in [-0.2, -0.15) is 4.98 Å². The Morgan fingerprint density at radius 1 is 1.54 bits per heavy atom. The number of oxazole rings is 1. The van der Waals surface area contributed by atoms with Gasteiger partial charge in [-0.05, 0) is 24.6 Å². The van der Waals surface area contributed by atoms with Crippen LogP contribution < -0.4 is 11.3 Å². The molecule has 0 amide bonds. The zero-order valence-corrected chi connectivity index (χ0v) is 7.72. The normalized spacial score (nSPS) is 10.7. The number of benzene rings is 1. The van der Waals surface area contributed by atoms with Crippen LogP contribution in [0.15, 0.2) is 16.5 Å². The van der Waals surface area contributed by atoms with Crippen molar-refractivity contribution in [1.82, 2.24) is 4.98 Å². The highest BCUT2D eigenvalue weighted by molar-refractivity contribution is 6.32. The van der Waals surface area contributed by atoms with Crippen LogP contribution in [0.3, 0.4) is 0 Å². The van der Waals surface area contributed by atoms with E-state index < -0.39 is 0 Å². The molecule has 0 saturated heterocycles. The monoisotopic (exact) mass is 197 g/mol. The van der Waals surface area contributed by atoms with Crippen LogP contribution in [-0.4, -0.2) is 4.98 Å². The minimum absolute atomic E-state index is 0.289. The van der Waals surface area contributed by atoms with Crippen molar-refractivity contribution in [3.63, 3.8) is 0 Å². The summed E-state index contributed by atoms with van der Waals surface area (Å²) >= 11 is 5.91. The van der Waals surface area contributed by atoms with Gasteiger partial charge in [-0.3, -0.25) is 5.43 Å². The van der Waals surface area contributed by atoms with Crippen LogP contribution in [0.2, 0.25) is 5.02 Å². The fourth-order valence-corrected chi connectivity index (χ4v) is 1.27. The number of nitrogen functional groups attached to an aromatic ring is 1. The number of aryl methyl sites for hydroxylation is 1. The van der Waals surface area contributed by atoms with Gasteiger partial charge >= 0.3 is 6.01 Å². The Bertz CT molecular complexity index is 413. The maximum atomic E-state index is 5.91. The minimum Gasteiger partial charge on any atom is -0.423 e. The third kappa shape index (κ3) is 1.34. The highest BCUT2D eigenvalue weighted by Crippen LogP contribution is 2.24. The van der Waals surface area contributed by atoms with Crippen molar-refractivity contribution >= 4 is 28.7 Å². The molecule has 3 N–H and O–H groups in total. The molecule has 0 fully saturated rings. The van der Waals surface area contributed by atoms with Crippen molar-refractivity contribution in [2.45, 2.75) is 6.92 Å². The second-order valence-electron chi connectivity index (χ2n) is 2.73. The van der Waals surface area contributed by atoms with E-state index in [0.29, 0.717) is 16.1 Å². The van der Waals surface area contributed by atoms with E-state index in [4.69, 9.17) is 21.9 Å². The van der Waals surface area contributed by atoms with E-state index in [2.05, 4.69) is 10.4 Å². The number of fused-ring (bicyclic) bond motifs is 1. The van der Waals surface area contributed by atoms with E-state index in [1.165, 1.54) is 0 Å². The Balaban J connectivity index is 2.70. The predicted molar refractivity (Wildman–Crippen MR) is 51.6 cm³/mol. The van der Waals surface area contributed by atoms with E-state index in [1.807, 2.05) is 13.0 Å². The van der Waals surface area contributed by atoms with Crippen molar-refractivity contribution < 1.29 is 4.42 Å². The van der Waals surface area contributed by atoms with Gasteiger partial charge in [-0.15, -0.1) is 0 Å². The fourth-order valence-electron chi connectivity index (χ4n) is 1.11. The van der Waals surface area contributed by atoms with Crippen molar-refractivity contribution in [3.8, 4) is 0 Å². The molecular weight excluding hydrogens is 190 g/mol.